The van der Waals surface area contributed by atoms with Crippen molar-refractivity contribution in [3.05, 3.63) is 34.9 Å². The standard InChI is InChI=1S/C9H11F2NO/c1-6-7(2-3-13-12)4-8(10)5-9(6)11/h4-5H,2-3,12H2,1H3. The van der Waals surface area contributed by atoms with Gasteiger partial charge in [-0.2, -0.15) is 0 Å². The minimum atomic E-state index is -0.574. The fraction of sp³-hybridized carbons (Fsp3) is 0.333. The van der Waals surface area contributed by atoms with Crippen molar-refractivity contribution in [2.75, 3.05) is 6.61 Å². The van der Waals surface area contributed by atoms with Crippen molar-refractivity contribution in [1.29, 1.82) is 0 Å². The topological polar surface area (TPSA) is 35.2 Å². The SMILES string of the molecule is Cc1c(F)cc(F)cc1CCON. The van der Waals surface area contributed by atoms with Gasteiger partial charge in [0.05, 0.1) is 6.61 Å². The Kier molecular flexibility index (Phi) is 3.33. The second kappa shape index (κ2) is 4.30. The van der Waals surface area contributed by atoms with Gasteiger partial charge in [0.25, 0.3) is 0 Å². The molecule has 1 rings (SSSR count). The first-order valence-corrected chi connectivity index (χ1v) is 3.91. The number of hydrogen-bond donors (Lipinski definition) is 1. The molecule has 0 spiro atoms. The first-order chi connectivity index (χ1) is 6.15. The van der Waals surface area contributed by atoms with Gasteiger partial charge in [-0.3, -0.25) is 0 Å². The zero-order chi connectivity index (χ0) is 9.84. The van der Waals surface area contributed by atoms with Crippen LogP contribution in [0.5, 0.6) is 0 Å². The Labute approximate surface area is 75.3 Å². The van der Waals surface area contributed by atoms with Crippen LogP contribution in [0.15, 0.2) is 12.1 Å². The van der Waals surface area contributed by atoms with E-state index in [1.807, 2.05) is 0 Å². The third-order valence-corrected chi connectivity index (χ3v) is 1.91. The lowest BCUT2D eigenvalue weighted by molar-refractivity contribution is 0.141. The predicted octanol–water partition coefficient (Wildman–Crippen LogP) is 1.71. The van der Waals surface area contributed by atoms with Crippen LogP contribution < -0.4 is 5.90 Å². The second-order valence-electron chi connectivity index (χ2n) is 2.79. The number of hydrogen-bond acceptors (Lipinski definition) is 2. The minimum absolute atomic E-state index is 0.254. The van der Waals surface area contributed by atoms with Crippen molar-refractivity contribution < 1.29 is 13.6 Å². The zero-order valence-electron chi connectivity index (χ0n) is 7.31. The lowest BCUT2D eigenvalue weighted by Gasteiger charge is -2.05. The molecule has 2 N–H and O–H groups in total. The van der Waals surface area contributed by atoms with Gasteiger partial charge < -0.3 is 4.84 Å². The number of rotatable bonds is 3. The molecule has 1 aromatic carbocycles. The molecule has 0 amide bonds. The summed E-state index contributed by atoms with van der Waals surface area (Å²) in [5.41, 5.74) is 1.03. The van der Waals surface area contributed by atoms with E-state index >= 15 is 0 Å². The molecule has 0 unspecified atom stereocenters. The van der Waals surface area contributed by atoms with E-state index < -0.39 is 11.6 Å². The van der Waals surface area contributed by atoms with Gasteiger partial charge in [-0.05, 0) is 30.5 Å². The second-order valence-corrected chi connectivity index (χ2v) is 2.79. The van der Waals surface area contributed by atoms with E-state index in [1.165, 1.54) is 6.07 Å². The molecule has 0 saturated heterocycles. The summed E-state index contributed by atoms with van der Waals surface area (Å²) in [6, 6.07) is 2.15. The summed E-state index contributed by atoms with van der Waals surface area (Å²) in [6.45, 7) is 1.85. The van der Waals surface area contributed by atoms with Crippen LogP contribution in [0.4, 0.5) is 8.78 Å². The highest BCUT2D eigenvalue weighted by molar-refractivity contribution is 5.28. The smallest absolute Gasteiger partial charge is 0.129 e. The molecule has 1 aromatic rings. The van der Waals surface area contributed by atoms with Crippen LogP contribution in [0.3, 0.4) is 0 Å². The minimum Gasteiger partial charge on any atom is -0.304 e. The number of halogens is 2. The molecule has 72 valence electrons. The van der Waals surface area contributed by atoms with E-state index in [1.54, 1.807) is 6.92 Å². The Morgan fingerprint density at radius 2 is 2.08 bits per heavy atom. The van der Waals surface area contributed by atoms with Gasteiger partial charge in [0.2, 0.25) is 0 Å². The summed E-state index contributed by atoms with van der Waals surface area (Å²) in [5, 5.41) is 0. The Bertz CT molecular complexity index is 302. The summed E-state index contributed by atoms with van der Waals surface area (Å²) < 4.78 is 25.7. The Hall–Kier alpha value is -1.00. The fourth-order valence-corrected chi connectivity index (χ4v) is 1.13. The van der Waals surface area contributed by atoms with Crippen LogP contribution in [-0.4, -0.2) is 6.61 Å². The van der Waals surface area contributed by atoms with Crippen LogP contribution in [0.1, 0.15) is 11.1 Å². The first kappa shape index (κ1) is 10.1. The summed E-state index contributed by atoms with van der Waals surface area (Å²) in [6.07, 6.45) is 0.414. The quantitative estimate of drug-likeness (QED) is 0.731. The third kappa shape index (κ3) is 2.47. The highest BCUT2D eigenvalue weighted by Gasteiger charge is 2.06. The van der Waals surface area contributed by atoms with Gasteiger partial charge in [0.1, 0.15) is 11.6 Å². The molecule has 0 aliphatic heterocycles. The van der Waals surface area contributed by atoms with Gasteiger partial charge in [-0.15, -0.1) is 0 Å². The highest BCUT2D eigenvalue weighted by Crippen LogP contribution is 2.15. The lowest BCUT2D eigenvalue weighted by Crippen LogP contribution is -2.05. The Morgan fingerprint density at radius 3 is 2.69 bits per heavy atom. The molecule has 0 radical (unpaired) electrons. The number of benzene rings is 1. The van der Waals surface area contributed by atoms with Crippen molar-refractivity contribution >= 4 is 0 Å². The van der Waals surface area contributed by atoms with Gasteiger partial charge >= 0.3 is 0 Å². The molecular weight excluding hydrogens is 176 g/mol. The van der Waals surface area contributed by atoms with Crippen molar-refractivity contribution in [2.45, 2.75) is 13.3 Å². The molecule has 0 aromatic heterocycles. The summed E-state index contributed by atoms with van der Waals surface area (Å²) in [5.74, 6) is 3.71. The molecule has 0 atom stereocenters. The maximum absolute atomic E-state index is 13.0. The highest BCUT2D eigenvalue weighted by atomic mass is 19.1. The maximum atomic E-state index is 13.0. The average molecular weight is 187 g/mol. The van der Waals surface area contributed by atoms with E-state index in [0.717, 1.165) is 6.07 Å². The van der Waals surface area contributed by atoms with Crippen LogP contribution in [0, 0.1) is 18.6 Å². The molecule has 2 nitrogen and oxygen atoms in total. The zero-order valence-corrected chi connectivity index (χ0v) is 7.31. The third-order valence-electron chi connectivity index (χ3n) is 1.91. The number of nitrogens with two attached hydrogens (primary N) is 1. The van der Waals surface area contributed by atoms with Crippen molar-refractivity contribution in [2.24, 2.45) is 5.90 Å². The largest absolute Gasteiger partial charge is 0.304 e. The van der Waals surface area contributed by atoms with E-state index in [0.29, 0.717) is 17.5 Å². The first-order valence-electron chi connectivity index (χ1n) is 3.91. The molecule has 0 saturated carbocycles. The molecule has 4 heteroatoms. The summed E-state index contributed by atoms with van der Waals surface area (Å²) in [4.78, 5) is 4.34. The van der Waals surface area contributed by atoms with Crippen LogP contribution in [0.25, 0.3) is 0 Å². The molecule has 0 heterocycles. The van der Waals surface area contributed by atoms with Crippen LogP contribution in [0.2, 0.25) is 0 Å². The van der Waals surface area contributed by atoms with Gasteiger partial charge in [-0.25, -0.2) is 14.7 Å². The monoisotopic (exact) mass is 187 g/mol. The van der Waals surface area contributed by atoms with Gasteiger partial charge in [0.15, 0.2) is 0 Å². The van der Waals surface area contributed by atoms with Crippen molar-refractivity contribution in [3.8, 4) is 0 Å². The molecule has 0 aliphatic carbocycles. The molecule has 0 fully saturated rings. The summed E-state index contributed by atoms with van der Waals surface area (Å²) in [7, 11) is 0. The summed E-state index contributed by atoms with van der Waals surface area (Å²) >= 11 is 0. The van der Waals surface area contributed by atoms with E-state index in [-0.39, 0.29) is 6.61 Å². The normalized spacial score (nSPS) is 10.5. The van der Waals surface area contributed by atoms with Crippen LogP contribution in [-0.2, 0) is 11.3 Å². The molecule has 0 aliphatic rings. The predicted molar refractivity (Wildman–Crippen MR) is 44.9 cm³/mol. The van der Waals surface area contributed by atoms with Gasteiger partial charge in [0, 0.05) is 6.07 Å². The van der Waals surface area contributed by atoms with E-state index in [2.05, 4.69) is 4.84 Å². The molecule has 0 bridgehead atoms. The van der Waals surface area contributed by atoms with Crippen LogP contribution >= 0.6 is 0 Å². The van der Waals surface area contributed by atoms with Crippen molar-refractivity contribution in [3.63, 3.8) is 0 Å². The molecule has 13 heavy (non-hydrogen) atoms. The lowest BCUT2D eigenvalue weighted by atomic mass is 10.1. The molecular formula is C9H11F2NO. The van der Waals surface area contributed by atoms with Crippen molar-refractivity contribution in [1.82, 2.24) is 0 Å². The van der Waals surface area contributed by atoms with Gasteiger partial charge in [-0.1, -0.05) is 0 Å². The average Bonchev–Trinajstić information content (AvgIpc) is 2.09. The fourth-order valence-electron chi connectivity index (χ4n) is 1.13. The van der Waals surface area contributed by atoms with E-state index in [4.69, 9.17) is 5.90 Å². The Balaban J connectivity index is 2.92. The maximum Gasteiger partial charge on any atom is 0.129 e. The Morgan fingerprint density at radius 1 is 1.38 bits per heavy atom. The van der Waals surface area contributed by atoms with E-state index in [9.17, 15) is 8.78 Å².